The summed E-state index contributed by atoms with van der Waals surface area (Å²) in [6, 6.07) is 10.0. The van der Waals surface area contributed by atoms with Crippen LogP contribution in [0.5, 0.6) is 11.5 Å². The minimum absolute atomic E-state index is 0.0700. The highest BCUT2D eigenvalue weighted by molar-refractivity contribution is 9.10. The molecule has 9 heteroatoms. The third-order valence-corrected chi connectivity index (χ3v) is 6.80. The van der Waals surface area contributed by atoms with Crippen molar-refractivity contribution in [3.8, 4) is 11.5 Å². The molecule has 0 bridgehead atoms. The van der Waals surface area contributed by atoms with Crippen molar-refractivity contribution < 1.29 is 22.3 Å². The quantitative estimate of drug-likeness (QED) is 0.501. The molecule has 2 heterocycles. The summed E-state index contributed by atoms with van der Waals surface area (Å²) in [6.07, 6.45) is 4.78. The van der Waals surface area contributed by atoms with E-state index in [0.29, 0.717) is 21.7 Å². The number of hydrogen-bond acceptors (Lipinski definition) is 6. The van der Waals surface area contributed by atoms with Gasteiger partial charge in [0.05, 0.1) is 27.0 Å². The number of ether oxygens (including phenoxy) is 2. The maximum atomic E-state index is 13.5. The van der Waals surface area contributed by atoms with Crippen LogP contribution in [0.4, 0.5) is 0 Å². The minimum atomic E-state index is -3.90. The first-order chi connectivity index (χ1) is 13.5. The summed E-state index contributed by atoms with van der Waals surface area (Å²) in [5.41, 5.74) is 0.759. The molecule has 3 aromatic rings. The van der Waals surface area contributed by atoms with Crippen LogP contribution in [0.2, 0.25) is 0 Å². The number of hydrogen-bond donors (Lipinski definition) is 0. The maximum absolute atomic E-state index is 13.5. The van der Waals surface area contributed by atoms with Crippen molar-refractivity contribution in [2.45, 2.75) is 18.0 Å². The molecule has 28 heavy (non-hydrogen) atoms. The Morgan fingerprint density at radius 3 is 2.46 bits per heavy atom. The van der Waals surface area contributed by atoms with Gasteiger partial charge in [-0.05, 0) is 45.8 Å². The number of benzene rings is 1. The molecule has 0 radical (unpaired) electrons. The lowest BCUT2D eigenvalue weighted by molar-refractivity contribution is 0.349. The van der Waals surface area contributed by atoms with Crippen LogP contribution in [0.25, 0.3) is 0 Å². The molecule has 0 atom stereocenters. The van der Waals surface area contributed by atoms with Crippen molar-refractivity contribution in [1.82, 2.24) is 9.29 Å². The van der Waals surface area contributed by atoms with E-state index in [1.807, 2.05) is 6.07 Å². The van der Waals surface area contributed by atoms with Crippen LogP contribution in [0.3, 0.4) is 0 Å². The lowest BCUT2D eigenvalue weighted by Crippen LogP contribution is -2.30. The number of rotatable bonds is 8. The van der Waals surface area contributed by atoms with E-state index >= 15 is 0 Å². The van der Waals surface area contributed by atoms with Gasteiger partial charge in [0.1, 0.15) is 10.7 Å². The molecule has 0 spiro atoms. The van der Waals surface area contributed by atoms with Gasteiger partial charge in [-0.25, -0.2) is 8.42 Å². The molecule has 0 N–H and O–H groups in total. The molecule has 148 valence electrons. The van der Waals surface area contributed by atoms with Crippen molar-refractivity contribution in [1.29, 1.82) is 0 Å². The van der Waals surface area contributed by atoms with E-state index in [4.69, 9.17) is 13.9 Å². The molecule has 0 amide bonds. The van der Waals surface area contributed by atoms with E-state index < -0.39 is 10.0 Å². The van der Waals surface area contributed by atoms with E-state index in [1.54, 1.807) is 36.7 Å². The monoisotopic (exact) mass is 466 g/mol. The molecule has 0 aliphatic carbocycles. The van der Waals surface area contributed by atoms with Crippen molar-refractivity contribution in [2.24, 2.45) is 0 Å². The second kappa shape index (κ2) is 8.76. The number of halogens is 1. The lowest BCUT2D eigenvalue weighted by Gasteiger charge is -2.22. The van der Waals surface area contributed by atoms with Crippen LogP contribution in [-0.2, 0) is 23.1 Å². The molecular formula is C19H19BrN2O5S. The highest BCUT2D eigenvalue weighted by Crippen LogP contribution is 2.37. The Morgan fingerprint density at radius 2 is 1.86 bits per heavy atom. The fourth-order valence-corrected chi connectivity index (χ4v) is 5.06. The molecule has 0 aliphatic rings. The second-order valence-electron chi connectivity index (χ2n) is 5.85. The summed E-state index contributed by atoms with van der Waals surface area (Å²) in [5, 5.41) is 0. The third kappa shape index (κ3) is 4.37. The lowest BCUT2D eigenvalue weighted by atomic mass is 10.3. The Balaban J connectivity index is 2.04. The topological polar surface area (TPSA) is 81.9 Å². The average Bonchev–Trinajstić information content (AvgIpc) is 3.21. The average molecular weight is 467 g/mol. The molecular weight excluding hydrogens is 448 g/mol. The second-order valence-corrected chi connectivity index (χ2v) is 8.61. The summed E-state index contributed by atoms with van der Waals surface area (Å²) in [7, 11) is -0.954. The van der Waals surface area contributed by atoms with Crippen LogP contribution in [0.15, 0.2) is 68.8 Å². The molecule has 0 aliphatic heterocycles. The van der Waals surface area contributed by atoms with Gasteiger partial charge in [-0.2, -0.15) is 4.31 Å². The summed E-state index contributed by atoms with van der Waals surface area (Å²) in [5.74, 6) is 1.28. The van der Waals surface area contributed by atoms with Gasteiger partial charge in [-0.3, -0.25) is 4.98 Å². The summed E-state index contributed by atoms with van der Waals surface area (Å²) in [4.78, 5) is 4.14. The summed E-state index contributed by atoms with van der Waals surface area (Å²) in [6.45, 7) is 0.211. The molecule has 3 rings (SSSR count). The Morgan fingerprint density at radius 1 is 1.11 bits per heavy atom. The fourth-order valence-electron chi connectivity index (χ4n) is 2.67. The number of nitrogens with zero attached hydrogens (tertiary/aromatic N) is 2. The Hall–Kier alpha value is -2.36. The molecule has 1 aromatic carbocycles. The molecule has 7 nitrogen and oxygen atoms in total. The number of furan rings is 1. The van der Waals surface area contributed by atoms with Crippen LogP contribution in [-0.4, -0.2) is 31.9 Å². The zero-order chi connectivity index (χ0) is 20.1. The van der Waals surface area contributed by atoms with Crippen molar-refractivity contribution in [2.75, 3.05) is 14.2 Å². The first kappa shape index (κ1) is 20.4. The highest BCUT2D eigenvalue weighted by atomic mass is 79.9. The van der Waals surface area contributed by atoms with Gasteiger partial charge in [0.15, 0.2) is 11.5 Å². The van der Waals surface area contributed by atoms with Gasteiger partial charge in [-0.1, -0.05) is 6.07 Å². The summed E-state index contributed by atoms with van der Waals surface area (Å²) < 4.78 is 44.6. The van der Waals surface area contributed by atoms with Crippen LogP contribution < -0.4 is 9.47 Å². The van der Waals surface area contributed by atoms with Crippen LogP contribution in [0.1, 0.15) is 11.3 Å². The number of methoxy groups -OCH3 is 2. The Labute approximate surface area is 172 Å². The molecule has 0 fully saturated rings. The van der Waals surface area contributed by atoms with E-state index in [2.05, 4.69) is 20.9 Å². The molecule has 2 aromatic heterocycles. The van der Waals surface area contributed by atoms with E-state index in [1.165, 1.54) is 30.9 Å². The predicted molar refractivity (Wildman–Crippen MR) is 107 cm³/mol. The minimum Gasteiger partial charge on any atom is -0.493 e. The van der Waals surface area contributed by atoms with E-state index in [-0.39, 0.29) is 18.0 Å². The van der Waals surface area contributed by atoms with Crippen molar-refractivity contribution in [3.05, 3.63) is 70.9 Å². The highest BCUT2D eigenvalue weighted by Gasteiger charge is 2.29. The first-order valence-corrected chi connectivity index (χ1v) is 10.5. The van der Waals surface area contributed by atoms with E-state index in [9.17, 15) is 8.42 Å². The standard InChI is InChI=1S/C19H19BrN2O5S/c1-25-17-9-16(20)19(10-18(17)26-2)28(23,24)22(13-15-6-4-8-27-15)12-14-5-3-7-21-11-14/h3-11H,12-13H2,1-2H3. The fraction of sp³-hybridized carbons (Fsp3) is 0.211. The zero-order valence-corrected chi connectivity index (χ0v) is 17.7. The van der Waals surface area contributed by atoms with Crippen LogP contribution >= 0.6 is 15.9 Å². The third-order valence-electron chi connectivity index (χ3n) is 4.05. The molecule has 0 saturated carbocycles. The maximum Gasteiger partial charge on any atom is 0.245 e. The van der Waals surface area contributed by atoms with E-state index in [0.717, 1.165) is 5.56 Å². The van der Waals surface area contributed by atoms with Crippen molar-refractivity contribution in [3.63, 3.8) is 0 Å². The van der Waals surface area contributed by atoms with Gasteiger partial charge in [0.2, 0.25) is 10.0 Å². The van der Waals surface area contributed by atoms with Crippen LogP contribution in [0, 0.1) is 0 Å². The predicted octanol–water partition coefficient (Wildman–Crippen LogP) is 3.85. The first-order valence-electron chi connectivity index (χ1n) is 8.28. The molecule has 0 saturated heterocycles. The Kier molecular flexibility index (Phi) is 6.38. The van der Waals surface area contributed by atoms with Crippen molar-refractivity contribution >= 4 is 26.0 Å². The van der Waals surface area contributed by atoms with Gasteiger partial charge in [0.25, 0.3) is 0 Å². The number of aromatic nitrogens is 1. The normalized spacial score (nSPS) is 11.6. The van der Waals surface area contributed by atoms with Gasteiger partial charge >= 0.3 is 0 Å². The van der Waals surface area contributed by atoms with Gasteiger partial charge < -0.3 is 13.9 Å². The zero-order valence-electron chi connectivity index (χ0n) is 15.3. The van der Waals surface area contributed by atoms with Gasteiger partial charge in [-0.15, -0.1) is 0 Å². The van der Waals surface area contributed by atoms with Gasteiger partial charge in [0, 0.05) is 29.5 Å². The molecule has 0 unspecified atom stereocenters. The number of pyridine rings is 1. The summed E-state index contributed by atoms with van der Waals surface area (Å²) >= 11 is 3.34. The number of sulfonamides is 1. The SMILES string of the molecule is COc1cc(Br)c(S(=O)(=O)N(Cc2cccnc2)Cc2ccco2)cc1OC. The largest absolute Gasteiger partial charge is 0.493 e. The Bertz CT molecular complexity index is 1020. The smallest absolute Gasteiger partial charge is 0.245 e.